The summed E-state index contributed by atoms with van der Waals surface area (Å²) < 4.78 is 0. The summed E-state index contributed by atoms with van der Waals surface area (Å²) in [7, 11) is 1.65. The number of fused-ring (bicyclic) bond motifs is 3. The molecule has 6 rings (SSSR count). The first-order valence-electron chi connectivity index (χ1n) is 19.1. The summed E-state index contributed by atoms with van der Waals surface area (Å²) in [6.45, 7) is 25.3. The number of hydrogen-bond acceptors (Lipinski definition) is 6. The quantitative estimate of drug-likeness (QED) is 0.175. The van der Waals surface area contributed by atoms with Crippen LogP contribution in [0.4, 0.5) is 22.7 Å². The molecular weight excluding hydrogens is 639 g/mol. The topological polar surface area (TPSA) is 81.7 Å². The van der Waals surface area contributed by atoms with Crippen molar-refractivity contribution in [2.45, 2.75) is 95.9 Å². The maximum atomic E-state index is 10.9. The van der Waals surface area contributed by atoms with Crippen molar-refractivity contribution in [3.63, 3.8) is 0 Å². The number of phenols is 1. The highest BCUT2D eigenvalue weighted by atomic mass is 16.3. The number of rotatable bonds is 5. The highest BCUT2D eigenvalue weighted by Gasteiger charge is 2.12. The van der Waals surface area contributed by atoms with Crippen molar-refractivity contribution in [3.8, 4) is 5.75 Å². The van der Waals surface area contributed by atoms with E-state index in [1.54, 1.807) is 7.05 Å². The largest absolute Gasteiger partial charge is 0.505 e. The van der Waals surface area contributed by atoms with Crippen LogP contribution in [0, 0.1) is 6.92 Å². The number of nitrogens with zero attached hydrogens (tertiary/aromatic N) is 4. The normalized spacial score (nSPS) is 9.79. The molecule has 0 fully saturated rings. The maximum absolute atomic E-state index is 10.9. The molecule has 0 unspecified atom stereocenters. The Hall–Kier alpha value is -5.10. The van der Waals surface area contributed by atoms with E-state index in [-0.39, 0.29) is 5.75 Å². The van der Waals surface area contributed by atoms with Gasteiger partial charge in [0, 0.05) is 35.4 Å². The third kappa shape index (κ3) is 14.6. The molecule has 2 N–H and O–H groups in total. The fraction of sp³-hybridized carbons (Fsp3) is 0.348. The molecule has 0 saturated carbocycles. The molecule has 0 heterocycles. The predicted octanol–water partition coefficient (Wildman–Crippen LogP) is 16.3. The van der Waals surface area contributed by atoms with Crippen molar-refractivity contribution >= 4 is 55.1 Å². The SMILES string of the molecule is CC.CC.CC.CCC.CCC.CCNc1ccc2c(O)c(N=Nc3ccc(N=NC)c4ccccc34)c(C)cc2c1.c1ccc2ccccc2c1. The summed E-state index contributed by atoms with van der Waals surface area (Å²) in [4.78, 5) is 0. The zero-order valence-electron chi connectivity index (χ0n) is 34.2. The van der Waals surface area contributed by atoms with E-state index >= 15 is 0 Å². The average Bonchev–Trinajstić information content (AvgIpc) is 3.19. The van der Waals surface area contributed by atoms with Gasteiger partial charge in [-0.1, -0.05) is 155 Å². The number of aromatic hydroxyl groups is 1. The summed E-state index contributed by atoms with van der Waals surface area (Å²) >= 11 is 0. The lowest BCUT2D eigenvalue weighted by Gasteiger charge is -2.10. The summed E-state index contributed by atoms with van der Waals surface area (Å²) in [5, 5.41) is 37.3. The van der Waals surface area contributed by atoms with Gasteiger partial charge in [0.15, 0.2) is 5.75 Å². The van der Waals surface area contributed by atoms with Crippen molar-refractivity contribution in [2.24, 2.45) is 20.5 Å². The Balaban J connectivity index is 0.000000971. The minimum atomic E-state index is 0.137. The molecule has 6 aromatic carbocycles. The monoisotopic (exact) mass is 704 g/mol. The van der Waals surface area contributed by atoms with E-state index in [4.69, 9.17) is 0 Å². The van der Waals surface area contributed by atoms with Crippen LogP contribution in [0.2, 0.25) is 0 Å². The van der Waals surface area contributed by atoms with Crippen molar-refractivity contribution < 1.29 is 5.11 Å². The fourth-order valence-corrected chi connectivity index (χ4v) is 4.74. The number of phenolic OH excluding ortho intramolecular Hbond substituents is 1. The molecule has 0 aliphatic rings. The van der Waals surface area contributed by atoms with Crippen LogP contribution in [-0.4, -0.2) is 18.7 Å². The maximum Gasteiger partial charge on any atom is 0.151 e. The van der Waals surface area contributed by atoms with Gasteiger partial charge in [0.1, 0.15) is 5.69 Å². The standard InChI is InChI=1S/C24H23N5O.C10H8.2C3H8.3C2H6/c1-4-26-17-9-10-18-16(14-17)13-15(2)23(24(18)30)29-28-22-12-11-21(27-25-3)19-7-5-6-8-20(19)22;1-2-6-10-8-4-3-7-9(10)5-1;2*1-3-2;3*1-2/h5-14,26,30H,4H2,1-3H3;1-8H;2*3H2,1-2H3;3*1-2H3. The Morgan fingerprint density at radius 3 is 1.40 bits per heavy atom. The summed E-state index contributed by atoms with van der Waals surface area (Å²) in [6, 6.07) is 36.2. The van der Waals surface area contributed by atoms with Crippen LogP contribution >= 0.6 is 0 Å². The summed E-state index contributed by atoms with van der Waals surface area (Å²) in [5.74, 6) is 0.137. The molecule has 0 bridgehead atoms. The lowest BCUT2D eigenvalue weighted by molar-refractivity contribution is 0.482. The first kappa shape index (κ1) is 46.9. The number of benzene rings is 6. The van der Waals surface area contributed by atoms with Gasteiger partial charge in [-0.15, -0.1) is 10.2 Å². The van der Waals surface area contributed by atoms with E-state index in [2.05, 4.69) is 109 Å². The molecular formula is C46H65N5O. The van der Waals surface area contributed by atoms with Gasteiger partial charge in [-0.2, -0.15) is 10.2 Å². The second kappa shape index (κ2) is 28.6. The van der Waals surface area contributed by atoms with E-state index in [1.807, 2.05) is 109 Å². The second-order valence-corrected chi connectivity index (χ2v) is 10.8. The third-order valence-electron chi connectivity index (χ3n) is 6.66. The second-order valence-electron chi connectivity index (χ2n) is 10.8. The zero-order valence-corrected chi connectivity index (χ0v) is 34.2. The molecule has 0 spiro atoms. The van der Waals surface area contributed by atoms with Gasteiger partial charge in [0.25, 0.3) is 0 Å². The number of aryl methyl sites for hydroxylation is 1. The third-order valence-corrected chi connectivity index (χ3v) is 6.66. The number of azo groups is 2. The fourth-order valence-electron chi connectivity index (χ4n) is 4.74. The van der Waals surface area contributed by atoms with Crippen LogP contribution in [-0.2, 0) is 0 Å². The van der Waals surface area contributed by atoms with Gasteiger partial charge >= 0.3 is 0 Å². The Kier molecular flexibility index (Phi) is 25.8. The van der Waals surface area contributed by atoms with E-state index in [9.17, 15) is 5.11 Å². The van der Waals surface area contributed by atoms with Crippen molar-refractivity contribution in [3.05, 3.63) is 115 Å². The highest BCUT2D eigenvalue weighted by Crippen LogP contribution is 2.41. The predicted molar refractivity (Wildman–Crippen MR) is 233 cm³/mol. The van der Waals surface area contributed by atoms with Crippen LogP contribution < -0.4 is 5.32 Å². The molecule has 0 aliphatic heterocycles. The molecule has 0 atom stereocenters. The van der Waals surface area contributed by atoms with Crippen molar-refractivity contribution in [1.82, 2.24) is 0 Å². The van der Waals surface area contributed by atoms with E-state index < -0.39 is 0 Å². The van der Waals surface area contributed by atoms with Crippen LogP contribution in [0.5, 0.6) is 5.75 Å². The van der Waals surface area contributed by atoms with Crippen LogP contribution in [0.25, 0.3) is 32.3 Å². The first-order chi connectivity index (χ1) is 25.4. The smallest absolute Gasteiger partial charge is 0.151 e. The van der Waals surface area contributed by atoms with Crippen LogP contribution in [0.3, 0.4) is 0 Å². The molecule has 0 aromatic heterocycles. The summed E-state index contributed by atoms with van der Waals surface area (Å²) in [5.41, 5.74) is 3.85. The van der Waals surface area contributed by atoms with Gasteiger partial charge < -0.3 is 10.4 Å². The molecule has 6 nitrogen and oxygen atoms in total. The van der Waals surface area contributed by atoms with E-state index in [0.717, 1.165) is 45.0 Å². The summed E-state index contributed by atoms with van der Waals surface area (Å²) in [6.07, 6.45) is 2.50. The Bertz CT molecular complexity index is 1830. The molecule has 0 saturated heterocycles. The Morgan fingerprint density at radius 1 is 0.519 bits per heavy atom. The lowest BCUT2D eigenvalue weighted by atomic mass is 10.0. The molecule has 0 aliphatic carbocycles. The number of nitrogens with one attached hydrogen (secondary N) is 1. The number of anilines is 1. The van der Waals surface area contributed by atoms with Gasteiger partial charge in [-0.05, 0) is 72.0 Å². The van der Waals surface area contributed by atoms with Crippen LogP contribution in [0.15, 0.2) is 130 Å². The van der Waals surface area contributed by atoms with Crippen molar-refractivity contribution in [1.29, 1.82) is 0 Å². The minimum Gasteiger partial charge on any atom is -0.505 e. The Labute approximate surface area is 315 Å². The van der Waals surface area contributed by atoms with Gasteiger partial charge in [0.2, 0.25) is 0 Å². The van der Waals surface area contributed by atoms with Crippen LogP contribution in [0.1, 0.15) is 94.6 Å². The lowest BCUT2D eigenvalue weighted by Crippen LogP contribution is -1.95. The van der Waals surface area contributed by atoms with Gasteiger partial charge in [-0.25, -0.2) is 0 Å². The molecule has 0 amide bonds. The molecule has 0 radical (unpaired) electrons. The van der Waals surface area contributed by atoms with Crippen molar-refractivity contribution in [2.75, 3.05) is 18.9 Å². The zero-order chi connectivity index (χ0) is 39.3. The minimum absolute atomic E-state index is 0.137. The number of hydrogen-bond donors (Lipinski definition) is 2. The van der Waals surface area contributed by atoms with E-state index in [0.29, 0.717) is 11.4 Å². The van der Waals surface area contributed by atoms with Gasteiger partial charge in [-0.3, -0.25) is 0 Å². The highest BCUT2D eigenvalue weighted by molar-refractivity contribution is 6.00. The van der Waals surface area contributed by atoms with Gasteiger partial charge in [0.05, 0.1) is 11.4 Å². The first-order valence-corrected chi connectivity index (χ1v) is 19.1. The Morgan fingerprint density at radius 2 is 0.962 bits per heavy atom. The average molecular weight is 704 g/mol. The van der Waals surface area contributed by atoms with E-state index in [1.165, 1.54) is 23.6 Å². The molecule has 6 heteroatoms. The molecule has 280 valence electrons. The molecule has 6 aromatic rings. The molecule has 52 heavy (non-hydrogen) atoms.